The molecule has 2 N–H and O–H groups in total. The summed E-state index contributed by atoms with van der Waals surface area (Å²) < 4.78 is 5.18. The molecular weight excluding hydrogens is 238 g/mol. The fourth-order valence-electron chi connectivity index (χ4n) is 2.79. The van der Waals surface area contributed by atoms with Crippen LogP contribution in [-0.4, -0.2) is 30.9 Å². The van der Waals surface area contributed by atoms with Crippen molar-refractivity contribution in [2.24, 2.45) is 0 Å². The van der Waals surface area contributed by atoms with Gasteiger partial charge in [0.05, 0.1) is 7.11 Å². The third-order valence-electron chi connectivity index (χ3n) is 4.04. The summed E-state index contributed by atoms with van der Waals surface area (Å²) in [6.07, 6.45) is 4.38. The fourth-order valence-corrected chi connectivity index (χ4v) is 2.79. The number of benzene rings is 1. The van der Waals surface area contributed by atoms with Crippen molar-refractivity contribution in [1.29, 1.82) is 0 Å². The van der Waals surface area contributed by atoms with Crippen molar-refractivity contribution in [3.63, 3.8) is 0 Å². The minimum Gasteiger partial charge on any atom is -0.497 e. The Hall–Kier alpha value is -1.06. The highest BCUT2D eigenvalue weighted by Gasteiger charge is 2.30. The van der Waals surface area contributed by atoms with Crippen LogP contribution >= 0.6 is 0 Å². The first-order chi connectivity index (χ1) is 9.22. The first-order valence-electron chi connectivity index (χ1n) is 7.23. The van der Waals surface area contributed by atoms with Crippen LogP contribution in [0.3, 0.4) is 0 Å². The average molecular weight is 263 g/mol. The second-order valence-electron chi connectivity index (χ2n) is 5.57. The zero-order valence-corrected chi connectivity index (χ0v) is 11.9. The van der Waals surface area contributed by atoms with Gasteiger partial charge in [0.2, 0.25) is 0 Å². The van der Waals surface area contributed by atoms with Crippen molar-refractivity contribution in [2.45, 2.75) is 50.6 Å². The monoisotopic (exact) mass is 263 g/mol. The van der Waals surface area contributed by atoms with Gasteiger partial charge in [0.15, 0.2) is 0 Å². The van der Waals surface area contributed by atoms with E-state index < -0.39 is 0 Å². The van der Waals surface area contributed by atoms with E-state index in [1.807, 2.05) is 12.1 Å². The molecule has 0 aromatic heterocycles. The largest absolute Gasteiger partial charge is 0.497 e. The zero-order valence-electron chi connectivity index (χ0n) is 11.9. The number of nitrogens with one attached hydrogen (secondary N) is 1. The van der Waals surface area contributed by atoms with Crippen LogP contribution in [0.2, 0.25) is 0 Å². The zero-order chi connectivity index (χ0) is 13.7. The van der Waals surface area contributed by atoms with Crippen LogP contribution in [0.15, 0.2) is 24.3 Å². The van der Waals surface area contributed by atoms with Gasteiger partial charge in [-0.3, -0.25) is 0 Å². The molecule has 0 heterocycles. The SMILES string of the molecule is COc1ccc(C2CC(NC(C)CCCO)C2)cc1. The Balaban J connectivity index is 1.73. The number of hydrogen-bond acceptors (Lipinski definition) is 3. The van der Waals surface area contributed by atoms with E-state index in [1.54, 1.807) is 7.11 Å². The highest BCUT2D eigenvalue weighted by molar-refractivity contribution is 5.30. The molecule has 3 nitrogen and oxygen atoms in total. The van der Waals surface area contributed by atoms with Crippen molar-refractivity contribution >= 4 is 0 Å². The summed E-state index contributed by atoms with van der Waals surface area (Å²) in [5, 5.41) is 12.5. The number of rotatable bonds is 7. The smallest absolute Gasteiger partial charge is 0.118 e. The van der Waals surface area contributed by atoms with Gasteiger partial charge in [0.1, 0.15) is 5.75 Å². The summed E-state index contributed by atoms with van der Waals surface area (Å²) in [6.45, 7) is 2.50. The third kappa shape index (κ3) is 3.95. The van der Waals surface area contributed by atoms with E-state index in [2.05, 4.69) is 24.4 Å². The van der Waals surface area contributed by atoms with Gasteiger partial charge < -0.3 is 15.2 Å². The molecule has 19 heavy (non-hydrogen) atoms. The lowest BCUT2D eigenvalue weighted by atomic mass is 9.75. The Morgan fingerprint density at radius 2 is 2.00 bits per heavy atom. The van der Waals surface area contributed by atoms with Gasteiger partial charge in [-0.25, -0.2) is 0 Å². The van der Waals surface area contributed by atoms with Gasteiger partial charge in [-0.1, -0.05) is 12.1 Å². The molecule has 1 aromatic rings. The summed E-state index contributed by atoms with van der Waals surface area (Å²) in [6, 6.07) is 9.58. The van der Waals surface area contributed by atoms with Crippen LogP contribution in [0.5, 0.6) is 5.75 Å². The standard InChI is InChI=1S/C16H25NO2/c1-12(4-3-9-18)17-15-10-14(11-15)13-5-7-16(19-2)8-6-13/h5-8,12,14-15,17-18H,3-4,9-11H2,1-2H3. The molecule has 1 aromatic carbocycles. The molecule has 1 saturated carbocycles. The minimum absolute atomic E-state index is 0.297. The van der Waals surface area contributed by atoms with E-state index in [0.717, 1.165) is 18.6 Å². The molecule has 1 unspecified atom stereocenters. The molecule has 0 bridgehead atoms. The quantitative estimate of drug-likeness (QED) is 0.794. The summed E-state index contributed by atoms with van der Waals surface area (Å²) in [7, 11) is 1.70. The van der Waals surface area contributed by atoms with E-state index in [4.69, 9.17) is 9.84 Å². The van der Waals surface area contributed by atoms with Gasteiger partial charge in [-0.2, -0.15) is 0 Å². The molecule has 3 heteroatoms. The highest BCUT2D eigenvalue weighted by Crippen LogP contribution is 2.37. The molecule has 1 fully saturated rings. The first kappa shape index (κ1) is 14.4. The molecule has 0 spiro atoms. The summed E-state index contributed by atoms with van der Waals surface area (Å²) >= 11 is 0. The lowest BCUT2D eigenvalue weighted by Crippen LogP contribution is -2.44. The number of ether oxygens (including phenoxy) is 1. The van der Waals surface area contributed by atoms with E-state index >= 15 is 0 Å². The van der Waals surface area contributed by atoms with E-state index in [0.29, 0.717) is 24.6 Å². The number of aliphatic hydroxyl groups is 1. The Kier molecular flexibility index (Phi) is 5.23. The van der Waals surface area contributed by atoms with Crippen molar-refractivity contribution in [1.82, 2.24) is 5.32 Å². The normalized spacial score (nSPS) is 23.7. The lowest BCUT2D eigenvalue weighted by Gasteiger charge is -2.38. The summed E-state index contributed by atoms with van der Waals surface area (Å²) in [5.74, 6) is 1.61. The summed E-state index contributed by atoms with van der Waals surface area (Å²) in [4.78, 5) is 0. The molecule has 1 atom stereocenters. The van der Waals surface area contributed by atoms with Crippen molar-refractivity contribution in [3.05, 3.63) is 29.8 Å². The Morgan fingerprint density at radius 3 is 2.58 bits per heavy atom. The predicted octanol–water partition coefficient (Wildman–Crippen LogP) is 2.69. The van der Waals surface area contributed by atoms with Crippen molar-refractivity contribution in [2.75, 3.05) is 13.7 Å². The van der Waals surface area contributed by atoms with Crippen LogP contribution < -0.4 is 10.1 Å². The van der Waals surface area contributed by atoms with Gasteiger partial charge in [-0.15, -0.1) is 0 Å². The Morgan fingerprint density at radius 1 is 1.32 bits per heavy atom. The van der Waals surface area contributed by atoms with E-state index in [1.165, 1.54) is 18.4 Å². The van der Waals surface area contributed by atoms with Gasteiger partial charge in [-0.05, 0) is 56.2 Å². The summed E-state index contributed by atoms with van der Waals surface area (Å²) in [5.41, 5.74) is 1.42. The molecule has 2 rings (SSSR count). The van der Waals surface area contributed by atoms with Crippen LogP contribution in [-0.2, 0) is 0 Å². The number of hydrogen-bond donors (Lipinski definition) is 2. The van der Waals surface area contributed by atoms with E-state index in [-0.39, 0.29) is 0 Å². The van der Waals surface area contributed by atoms with E-state index in [9.17, 15) is 0 Å². The molecule has 0 amide bonds. The maximum Gasteiger partial charge on any atom is 0.118 e. The molecule has 0 radical (unpaired) electrons. The van der Waals surface area contributed by atoms with Crippen LogP contribution in [0.1, 0.15) is 44.1 Å². The maximum atomic E-state index is 8.82. The van der Waals surface area contributed by atoms with Gasteiger partial charge in [0.25, 0.3) is 0 Å². The molecular formula is C16H25NO2. The average Bonchev–Trinajstić information content (AvgIpc) is 2.40. The number of methoxy groups -OCH3 is 1. The van der Waals surface area contributed by atoms with Gasteiger partial charge >= 0.3 is 0 Å². The number of aliphatic hydroxyl groups excluding tert-OH is 1. The molecule has 0 saturated heterocycles. The topological polar surface area (TPSA) is 41.5 Å². The van der Waals surface area contributed by atoms with Crippen molar-refractivity contribution in [3.8, 4) is 5.75 Å². The lowest BCUT2D eigenvalue weighted by molar-refractivity contribution is 0.244. The Bertz CT molecular complexity index is 371. The molecule has 1 aliphatic rings. The van der Waals surface area contributed by atoms with Gasteiger partial charge in [0, 0.05) is 18.7 Å². The van der Waals surface area contributed by atoms with Crippen LogP contribution in [0.25, 0.3) is 0 Å². The minimum atomic E-state index is 0.297. The molecule has 1 aliphatic carbocycles. The Labute approximate surface area is 116 Å². The van der Waals surface area contributed by atoms with Crippen LogP contribution in [0.4, 0.5) is 0 Å². The van der Waals surface area contributed by atoms with Crippen molar-refractivity contribution < 1.29 is 9.84 Å². The third-order valence-corrected chi connectivity index (χ3v) is 4.04. The molecule has 106 valence electrons. The first-order valence-corrected chi connectivity index (χ1v) is 7.23. The second-order valence-corrected chi connectivity index (χ2v) is 5.57. The van der Waals surface area contributed by atoms with Crippen LogP contribution in [0, 0.1) is 0 Å². The fraction of sp³-hybridized carbons (Fsp3) is 0.625. The molecule has 0 aliphatic heterocycles. The maximum absolute atomic E-state index is 8.82. The highest BCUT2D eigenvalue weighted by atomic mass is 16.5. The second kappa shape index (κ2) is 6.92. The predicted molar refractivity (Wildman–Crippen MR) is 77.7 cm³/mol.